The molecule has 1 N–H and O–H groups in total. The first-order valence-corrected chi connectivity index (χ1v) is 8.63. The number of Topliss-reactive ketones (excluding diaryl/α,β-unsaturated/α-hetero) is 1. The first-order valence-electron chi connectivity index (χ1n) is 7.14. The maximum Gasteiger partial charge on any atom is 0.240 e. The Bertz CT molecular complexity index is 568. The van der Waals surface area contributed by atoms with E-state index in [1.807, 2.05) is 14.1 Å². The zero-order valence-corrected chi connectivity index (χ0v) is 13.7. The Morgan fingerprint density at radius 2 is 1.95 bits per heavy atom. The first-order chi connectivity index (χ1) is 9.86. The van der Waals surface area contributed by atoms with Gasteiger partial charge in [0.1, 0.15) is 0 Å². The Hall–Kier alpha value is -1.24. The zero-order chi connectivity index (χ0) is 15.9. The summed E-state index contributed by atoms with van der Waals surface area (Å²) in [5.41, 5.74) is 0.438. The van der Waals surface area contributed by atoms with Crippen LogP contribution in [0.4, 0.5) is 0 Å². The second-order valence-electron chi connectivity index (χ2n) is 5.21. The fourth-order valence-electron chi connectivity index (χ4n) is 1.88. The van der Waals surface area contributed by atoms with E-state index < -0.39 is 10.0 Å². The molecule has 0 aromatic heterocycles. The molecule has 0 radical (unpaired) electrons. The van der Waals surface area contributed by atoms with Gasteiger partial charge in [0, 0.05) is 18.5 Å². The number of carbonyl (C=O) groups excluding carboxylic acids is 1. The molecule has 0 saturated heterocycles. The molecule has 1 rings (SSSR count). The molecular formula is C15H24N2O3S. The molecule has 1 aromatic carbocycles. The van der Waals surface area contributed by atoms with Gasteiger partial charge in [0.05, 0.1) is 4.90 Å². The molecular weight excluding hydrogens is 288 g/mol. The number of sulfonamides is 1. The summed E-state index contributed by atoms with van der Waals surface area (Å²) >= 11 is 0. The van der Waals surface area contributed by atoms with Gasteiger partial charge in [0.15, 0.2) is 5.78 Å². The third kappa shape index (κ3) is 5.95. The fourth-order valence-corrected chi connectivity index (χ4v) is 3.00. The van der Waals surface area contributed by atoms with Crippen molar-refractivity contribution in [1.29, 1.82) is 0 Å². The topological polar surface area (TPSA) is 66.5 Å². The molecule has 5 nitrogen and oxygen atoms in total. The van der Waals surface area contributed by atoms with Gasteiger partial charge in [-0.05, 0) is 45.6 Å². The Morgan fingerprint density at radius 1 is 1.24 bits per heavy atom. The molecule has 0 spiro atoms. The highest BCUT2D eigenvalue weighted by Gasteiger charge is 2.15. The number of hydrogen-bond acceptors (Lipinski definition) is 4. The predicted octanol–water partition coefficient (Wildman–Crippen LogP) is 1.90. The minimum Gasteiger partial charge on any atom is -0.309 e. The van der Waals surface area contributed by atoms with Gasteiger partial charge in [-0.3, -0.25) is 4.79 Å². The van der Waals surface area contributed by atoms with E-state index in [1.54, 1.807) is 19.1 Å². The van der Waals surface area contributed by atoms with E-state index in [0.29, 0.717) is 18.5 Å². The van der Waals surface area contributed by atoms with Crippen molar-refractivity contribution in [2.75, 3.05) is 27.2 Å². The quantitative estimate of drug-likeness (QED) is 0.559. The lowest BCUT2D eigenvalue weighted by molar-refractivity contribution is 0.0988. The third-order valence-electron chi connectivity index (χ3n) is 3.11. The number of nitrogens with one attached hydrogen (secondary N) is 1. The highest BCUT2D eigenvalue weighted by Crippen LogP contribution is 2.13. The van der Waals surface area contributed by atoms with E-state index in [-0.39, 0.29) is 10.7 Å². The maximum absolute atomic E-state index is 12.2. The summed E-state index contributed by atoms with van der Waals surface area (Å²) in [7, 11) is 0.432. The molecule has 118 valence electrons. The molecule has 0 atom stereocenters. The predicted molar refractivity (Wildman–Crippen MR) is 84.0 cm³/mol. The van der Waals surface area contributed by atoms with Crippen LogP contribution in [0.15, 0.2) is 29.2 Å². The summed E-state index contributed by atoms with van der Waals surface area (Å²) in [5.74, 6) is -0.0574. The van der Waals surface area contributed by atoms with Crippen LogP contribution in [0.25, 0.3) is 0 Å². The van der Waals surface area contributed by atoms with Crippen LogP contribution in [0.1, 0.15) is 36.5 Å². The number of ketones is 1. The highest BCUT2D eigenvalue weighted by atomic mass is 32.2. The van der Waals surface area contributed by atoms with Crippen LogP contribution in [-0.4, -0.2) is 46.3 Å². The maximum atomic E-state index is 12.2. The summed E-state index contributed by atoms with van der Waals surface area (Å²) in [6.07, 6.45) is 2.08. The number of benzene rings is 1. The van der Waals surface area contributed by atoms with Gasteiger partial charge >= 0.3 is 0 Å². The largest absolute Gasteiger partial charge is 0.309 e. The first kappa shape index (κ1) is 17.8. The van der Waals surface area contributed by atoms with E-state index in [4.69, 9.17) is 0 Å². The Morgan fingerprint density at radius 3 is 2.57 bits per heavy atom. The molecule has 0 fully saturated rings. The van der Waals surface area contributed by atoms with Crippen LogP contribution >= 0.6 is 0 Å². The second-order valence-corrected chi connectivity index (χ2v) is 6.98. The number of carbonyl (C=O) groups is 1. The van der Waals surface area contributed by atoms with Crippen molar-refractivity contribution in [3.05, 3.63) is 29.8 Å². The number of nitrogens with zero attached hydrogens (tertiary/aromatic N) is 1. The summed E-state index contributed by atoms with van der Waals surface area (Å²) in [6, 6.07) is 6.19. The van der Waals surface area contributed by atoms with Gasteiger partial charge in [0.25, 0.3) is 0 Å². The normalized spacial score (nSPS) is 11.8. The number of rotatable bonds is 9. The third-order valence-corrected chi connectivity index (χ3v) is 4.57. The van der Waals surface area contributed by atoms with Crippen LogP contribution in [-0.2, 0) is 10.0 Å². The van der Waals surface area contributed by atoms with E-state index in [1.165, 1.54) is 12.1 Å². The van der Waals surface area contributed by atoms with Crippen LogP contribution in [0.2, 0.25) is 0 Å². The van der Waals surface area contributed by atoms with Crippen molar-refractivity contribution in [1.82, 2.24) is 9.62 Å². The van der Waals surface area contributed by atoms with Gasteiger partial charge in [-0.15, -0.1) is 0 Å². The van der Waals surface area contributed by atoms with Crippen LogP contribution in [0.3, 0.4) is 0 Å². The molecule has 0 bridgehead atoms. The highest BCUT2D eigenvalue weighted by molar-refractivity contribution is 7.89. The zero-order valence-electron chi connectivity index (χ0n) is 12.9. The number of unbranched alkanes of at least 4 members (excludes halogenated alkanes) is 1. The summed E-state index contributed by atoms with van der Waals surface area (Å²) in [6.45, 7) is 3.09. The molecule has 0 amide bonds. The Kier molecular flexibility index (Phi) is 7.01. The lowest BCUT2D eigenvalue weighted by Gasteiger charge is -2.10. The molecule has 1 aromatic rings. The van der Waals surface area contributed by atoms with Crippen molar-refractivity contribution >= 4 is 15.8 Å². The Balaban J connectivity index is 2.64. The lowest BCUT2D eigenvalue weighted by Crippen LogP contribution is -2.25. The summed E-state index contributed by atoms with van der Waals surface area (Å²) < 4.78 is 26.9. The molecule has 0 aliphatic heterocycles. The van der Waals surface area contributed by atoms with Crippen molar-refractivity contribution in [2.45, 2.75) is 31.1 Å². The van der Waals surface area contributed by atoms with E-state index in [2.05, 4.69) is 9.62 Å². The van der Waals surface area contributed by atoms with Gasteiger partial charge in [0.2, 0.25) is 10.0 Å². The molecule has 0 unspecified atom stereocenters. The second kappa shape index (κ2) is 8.26. The average molecular weight is 312 g/mol. The minimum absolute atomic E-state index is 0.0574. The van der Waals surface area contributed by atoms with Crippen LogP contribution < -0.4 is 4.72 Å². The molecule has 0 heterocycles. The summed E-state index contributed by atoms with van der Waals surface area (Å²) in [4.78, 5) is 13.8. The molecule has 0 saturated carbocycles. The average Bonchev–Trinajstić information content (AvgIpc) is 2.45. The number of hydrogen-bond donors (Lipinski definition) is 1. The van der Waals surface area contributed by atoms with Crippen LogP contribution in [0, 0.1) is 0 Å². The van der Waals surface area contributed by atoms with Gasteiger partial charge in [-0.25, -0.2) is 13.1 Å². The van der Waals surface area contributed by atoms with E-state index >= 15 is 0 Å². The molecule has 0 aliphatic rings. The Labute approximate surface area is 127 Å². The van der Waals surface area contributed by atoms with Gasteiger partial charge in [-0.2, -0.15) is 0 Å². The monoisotopic (exact) mass is 312 g/mol. The van der Waals surface area contributed by atoms with E-state index in [9.17, 15) is 13.2 Å². The minimum atomic E-state index is -3.54. The smallest absolute Gasteiger partial charge is 0.240 e. The van der Waals surface area contributed by atoms with E-state index in [0.717, 1.165) is 19.4 Å². The SMILES string of the molecule is CCC(=O)c1cccc(S(=O)(=O)NCCCCN(C)C)c1. The van der Waals surface area contributed by atoms with Crippen molar-refractivity contribution in [3.8, 4) is 0 Å². The standard InChI is InChI=1S/C15H24N2O3S/c1-4-15(18)13-8-7-9-14(12-13)21(19,20)16-10-5-6-11-17(2)3/h7-9,12,16H,4-6,10-11H2,1-3H3. The van der Waals surface area contributed by atoms with Crippen molar-refractivity contribution < 1.29 is 13.2 Å². The molecule has 0 aliphatic carbocycles. The van der Waals surface area contributed by atoms with Crippen molar-refractivity contribution in [2.24, 2.45) is 0 Å². The fraction of sp³-hybridized carbons (Fsp3) is 0.533. The summed E-state index contributed by atoms with van der Waals surface area (Å²) in [5, 5.41) is 0. The van der Waals surface area contributed by atoms with Crippen molar-refractivity contribution in [3.63, 3.8) is 0 Å². The van der Waals surface area contributed by atoms with Crippen LogP contribution in [0.5, 0.6) is 0 Å². The molecule has 21 heavy (non-hydrogen) atoms. The molecule has 6 heteroatoms. The lowest BCUT2D eigenvalue weighted by atomic mass is 10.1. The van der Waals surface area contributed by atoms with Gasteiger partial charge < -0.3 is 4.90 Å². The van der Waals surface area contributed by atoms with Gasteiger partial charge in [-0.1, -0.05) is 19.1 Å².